The van der Waals surface area contributed by atoms with Crippen LogP contribution in [0.1, 0.15) is 34.9 Å². The SMILES string of the molecule is CCc1c(C)c2ccnc(N3CCc4ccccc4C3)c2n1Cc1ccccc1.Cl. The average molecular weight is 418 g/mol. The fourth-order valence-electron chi connectivity index (χ4n) is 4.81. The maximum Gasteiger partial charge on any atom is 0.153 e. The van der Waals surface area contributed by atoms with E-state index in [4.69, 9.17) is 4.98 Å². The molecular weight excluding hydrogens is 390 g/mol. The number of aromatic nitrogens is 2. The highest BCUT2D eigenvalue weighted by molar-refractivity contribution is 5.93. The monoisotopic (exact) mass is 417 g/mol. The van der Waals surface area contributed by atoms with Crippen molar-refractivity contribution in [3.63, 3.8) is 0 Å². The van der Waals surface area contributed by atoms with Gasteiger partial charge >= 0.3 is 0 Å². The van der Waals surface area contributed by atoms with E-state index in [0.717, 1.165) is 38.3 Å². The van der Waals surface area contributed by atoms with Gasteiger partial charge in [-0.25, -0.2) is 4.98 Å². The molecule has 2 aromatic carbocycles. The summed E-state index contributed by atoms with van der Waals surface area (Å²) in [5.74, 6) is 1.12. The number of hydrogen-bond donors (Lipinski definition) is 0. The third kappa shape index (κ3) is 3.48. The highest BCUT2D eigenvalue weighted by Gasteiger charge is 2.23. The van der Waals surface area contributed by atoms with Gasteiger partial charge in [0.25, 0.3) is 0 Å². The second kappa shape index (κ2) is 8.53. The van der Waals surface area contributed by atoms with Crippen LogP contribution in [0, 0.1) is 6.92 Å². The zero-order valence-electron chi connectivity index (χ0n) is 17.6. The van der Waals surface area contributed by atoms with Crippen molar-refractivity contribution in [2.45, 2.75) is 39.8 Å². The molecule has 0 saturated heterocycles. The highest BCUT2D eigenvalue weighted by atomic mass is 35.5. The van der Waals surface area contributed by atoms with Crippen molar-refractivity contribution in [3.05, 3.63) is 94.8 Å². The van der Waals surface area contributed by atoms with Crippen molar-refractivity contribution in [3.8, 4) is 0 Å². The van der Waals surface area contributed by atoms with Gasteiger partial charge in [-0.05, 0) is 48.1 Å². The number of rotatable bonds is 4. The average Bonchev–Trinajstić information content (AvgIpc) is 3.05. The maximum absolute atomic E-state index is 4.90. The molecule has 0 saturated carbocycles. The van der Waals surface area contributed by atoms with Crippen LogP contribution in [0.4, 0.5) is 5.82 Å². The van der Waals surface area contributed by atoms with Crippen LogP contribution in [0.3, 0.4) is 0 Å². The summed E-state index contributed by atoms with van der Waals surface area (Å²) in [4.78, 5) is 7.36. The van der Waals surface area contributed by atoms with Gasteiger partial charge in [0.05, 0.1) is 5.52 Å². The molecule has 0 spiro atoms. The van der Waals surface area contributed by atoms with Crippen LogP contribution >= 0.6 is 12.4 Å². The summed E-state index contributed by atoms with van der Waals surface area (Å²) in [7, 11) is 0. The minimum atomic E-state index is 0. The number of nitrogens with zero attached hydrogens (tertiary/aromatic N) is 3. The second-order valence-corrected chi connectivity index (χ2v) is 7.97. The summed E-state index contributed by atoms with van der Waals surface area (Å²) in [6.45, 7) is 7.35. The molecule has 4 heteroatoms. The van der Waals surface area contributed by atoms with Crippen molar-refractivity contribution in [1.82, 2.24) is 9.55 Å². The fraction of sp³-hybridized carbons (Fsp3) is 0.269. The molecule has 4 aromatic rings. The molecule has 154 valence electrons. The predicted molar refractivity (Wildman–Crippen MR) is 128 cm³/mol. The van der Waals surface area contributed by atoms with Gasteiger partial charge in [-0.15, -0.1) is 12.4 Å². The van der Waals surface area contributed by atoms with Crippen molar-refractivity contribution in [2.75, 3.05) is 11.4 Å². The topological polar surface area (TPSA) is 21.1 Å². The van der Waals surface area contributed by atoms with Crippen LogP contribution in [0.25, 0.3) is 10.9 Å². The number of halogens is 1. The Morgan fingerprint density at radius 2 is 1.67 bits per heavy atom. The number of fused-ring (bicyclic) bond motifs is 2. The smallest absolute Gasteiger partial charge is 0.153 e. The van der Waals surface area contributed by atoms with E-state index >= 15 is 0 Å². The number of hydrogen-bond acceptors (Lipinski definition) is 2. The molecule has 0 N–H and O–H groups in total. The van der Waals surface area contributed by atoms with E-state index in [1.165, 1.54) is 38.9 Å². The number of pyridine rings is 1. The number of aryl methyl sites for hydroxylation is 1. The summed E-state index contributed by atoms with van der Waals surface area (Å²) >= 11 is 0. The largest absolute Gasteiger partial charge is 0.350 e. The zero-order valence-corrected chi connectivity index (χ0v) is 18.5. The summed E-state index contributed by atoms with van der Waals surface area (Å²) in [5, 5.41) is 1.33. The first-order valence-corrected chi connectivity index (χ1v) is 10.6. The minimum absolute atomic E-state index is 0. The van der Waals surface area contributed by atoms with Crippen molar-refractivity contribution >= 4 is 29.1 Å². The summed E-state index contributed by atoms with van der Waals surface area (Å²) in [5.41, 5.74) is 8.31. The molecule has 0 fully saturated rings. The van der Waals surface area contributed by atoms with E-state index in [2.05, 4.69) is 84.0 Å². The Labute approximate surface area is 184 Å². The van der Waals surface area contributed by atoms with Gasteiger partial charge in [-0.1, -0.05) is 61.5 Å². The lowest BCUT2D eigenvalue weighted by Crippen LogP contribution is -2.31. The Bertz CT molecular complexity index is 1160. The van der Waals surface area contributed by atoms with E-state index in [1.807, 2.05) is 6.20 Å². The Morgan fingerprint density at radius 1 is 0.933 bits per heavy atom. The molecule has 0 atom stereocenters. The molecule has 30 heavy (non-hydrogen) atoms. The van der Waals surface area contributed by atoms with Crippen LogP contribution in [0.5, 0.6) is 0 Å². The van der Waals surface area contributed by atoms with Gasteiger partial charge in [0.1, 0.15) is 0 Å². The lowest BCUT2D eigenvalue weighted by atomic mass is 10.00. The molecule has 0 unspecified atom stereocenters. The first-order valence-electron chi connectivity index (χ1n) is 10.6. The van der Waals surface area contributed by atoms with Gasteiger partial charge in [-0.2, -0.15) is 0 Å². The minimum Gasteiger partial charge on any atom is -0.350 e. The molecule has 0 aliphatic carbocycles. The molecule has 1 aliphatic heterocycles. The van der Waals surface area contributed by atoms with E-state index < -0.39 is 0 Å². The van der Waals surface area contributed by atoms with Gasteiger partial charge in [0.2, 0.25) is 0 Å². The fourth-order valence-corrected chi connectivity index (χ4v) is 4.81. The lowest BCUT2D eigenvalue weighted by molar-refractivity contribution is 0.715. The van der Waals surface area contributed by atoms with Crippen LogP contribution < -0.4 is 4.90 Å². The Kier molecular flexibility index (Phi) is 5.83. The van der Waals surface area contributed by atoms with E-state index in [-0.39, 0.29) is 12.4 Å². The predicted octanol–water partition coefficient (Wildman–Crippen LogP) is 5.94. The van der Waals surface area contributed by atoms with E-state index in [1.54, 1.807) is 0 Å². The highest BCUT2D eigenvalue weighted by Crippen LogP contribution is 2.34. The molecule has 0 amide bonds. The Hall–Kier alpha value is -2.78. The molecule has 2 aromatic heterocycles. The van der Waals surface area contributed by atoms with Gasteiger partial charge in [-0.3, -0.25) is 0 Å². The van der Waals surface area contributed by atoms with E-state index in [9.17, 15) is 0 Å². The summed E-state index contributed by atoms with van der Waals surface area (Å²) in [6, 6.07) is 21.8. The molecular formula is C26H28ClN3. The molecule has 5 rings (SSSR count). The normalized spacial score (nSPS) is 13.2. The Morgan fingerprint density at radius 3 is 2.43 bits per heavy atom. The van der Waals surface area contributed by atoms with Crippen molar-refractivity contribution in [2.24, 2.45) is 0 Å². The van der Waals surface area contributed by atoms with Crippen LogP contribution in [0.15, 0.2) is 66.9 Å². The van der Waals surface area contributed by atoms with Crippen molar-refractivity contribution in [1.29, 1.82) is 0 Å². The first kappa shape index (κ1) is 20.5. The molecule has 0 radical (unpaired) electrons. The van der Waals surface area contributed by atoms with E-state index in [0.29, 0.717) is 0 Å². The van der Waals surface area contributed by atoms with Gasteiger partial charge < -0.3 is 9.47 Å². The summed E-state index contributed by atoms with van der Waals surface area (Å²) in [6.07, 6.45) is 4.08. The molecule has 0 bridgehead atoms. The standard InChI is InChI=1S/C26H27N3.ClH/c1-3-24-19(2)23-13-15-27-26(25(23)29(24)17-20-9-5-4-6-10-20)28-16-14-21-11-7-8-12-22(21)18-28;/h4-13,15H,3,14,16-18H2,1-2H3;1H. The number of anilines is 1. The third-order valence-corrected chi connectivity index (χ3v) is 6.29. The second-order valence-electron chi connectivity index (χ2n) is 7.97. The third-order valence-electron chi connectivity index (χ3n) is 6.29. The molecule has 3 heterocycles. The van der Waals surface area contributed by atoms with Crippen LogP contribution in [-0.4, -0.2) is 16.1 Å². The van der Waals surface area contributed by atoms with Crippen molar-refractivity contribution < 1.29 is 0 Å². The van der Waals surface area contributed by atoms with Crippen LogP contribution in [0.2, 0.25) is 0 Å². The molecule has 1 aliphatic rings. The number of benzene rings is 2. The lowest BCUT2D eigenvalue weighted by Gasteiger charge is -2.30. The quantitative estimate of drug-likeness (QED) is 0.409. The Balaban J connectivity index is 0.00000218. The zero-order chi connectivity index (χ0) is 19.8. The molecule has 3 nitrogen and oxygen atoms in total. The summed E-state index contributed by atoms with van der Waals surface area (Å²) < 4.78 is 2.50. The van der Waals surface area contributed by atoms with Gasteiger partial charge in [0.15, 0.2) is 5.82 Å². The maximum atomic E-state index is 4.90. The first-order chi connectivity index (χ1) is 14.3. The van der Waals surface area contributed by atoms with Gasteiger partial charge in [0, 0.05) is 36.9 Å². The van der Waals surface area contributed by atoms with Crippen LogP contribution in [-0.2, 0) is 25.9 Å².